The summed E-state index contributed by atoms with van der Waals surface area (Å²) in [6, 6.07) is 7.81. The highest BCUT2D eigenvalue weighted by Crippen LogP contribution is 2.26. The smallest absolute Gasteiger partial charge is 0.233 e. The van der Waals surface area contributed by atoms with Crippen LogP contribution in [0.5, 0.6) is 0 Å². The quantitative estimate of drug-likeness (QED) is 0.855. The lowest BCUT2D eigenvalue weighted by Gasteiger charge is -2.33. The lowest BCUT2D eigenvalue weighted by atomic mass is 10.0. The van der Waals surface area contributed by atoms with Crippen molar-refractivity contribution in [2.24, 2.45) is 0 Å². The van der Waals surface area contributed by atoms with Crippen molar-refractivity contribution >= 4 is 29.3 Å². The SMILES string of the molecule is C[C@@H]1CCCCN1C(=O)CSc1n[nH]c(-c2ccccc2Cl)n1. The molecule has 0 saturated carbocycles. The number of hydrogen-bond donors (Lipinski definition) is 1. The fraction of sp³-hybridized carbons (Fsp3) is 0.438. The van der Waals surface area contributed by atoms with E-state index in [9.17, 15) is 4.79 Å². The lowest BCUT2D eigenvalue weighted by Crippen LogP contribution is -2.42. The van der Waals surface area contributed by atoms with E-state index in [1.807, 2.05) is 29.2 Å². The number of carbonyl (C=O) groups is 1. The number of rotatable bonds is 4. The number of hydrogen-bond acceptors (Lipinski definition) is 4. The largest absolute Gasteiger partial charge is 0.339 e. The Morgan fingerprint density at radius 1 is 1.43 bits per heavy atom. The number of nitrogens with one attached hydrogen (secondary N) is 1. The molecule has 0 spiro atoms. The molecule has 3 rings (SSSR count). The number of piperidine rings is 1. The molecule has 1 saturated heterocycles. The van der Waals surface area contributed by atoms with E-state index in [2.05, 4.69) is 22.1 Å². The molecule has 0 unspecified atom stereocenters. The van der Waals surface area contributed by atoms with Crippen LogP contribution in [0.2, 0.25) is 5.02 Å². The molecule has 1 N–H and O–H groups in total. The number of carbonyl (C=O) groups excluding carboxylic acids is 1. The van der Waals surface area contributed by atoms with Crippen LogP contribution in [0.4, 0.5) is 0 Å². The predicted molar refractivity (Wildman–Crippen MR) is 92.6 cm³/mol. The Balaban J connectivity index is 1.61. The number of aromatic nitrogens is 3. The van der Waals surface area contributed by atoms with Gasteiger partial charge in [-0.3, -0.25) is 9.89 Å². The van der Waals surface area contributed by atoms with E-state index in [1.165, 1.54) is 18.2 Å². The zero-order valence-corrected chi connectivity index (χ0v) is 14.5. The molecule has 2 heterocycles. The number of aromatic amines is 1. The molecule has 1 aliphatic heterocycles. The van der Waals surface area contributed by atoms with Crippen LogP contribution in [0.3, 0.4) is 0 Å². The van der Waals surface area contributed by atoms with E-state index >= 15 is 0 Å². The van der Waals surface area contributed by atoms with Gasteiger partial charge in [0.05, 0.1) is 10.8 Å². The van der Waals surface area contributed by atoms with Gasteiger partial charge in [-0.15, -0.1) is 5.10 Å². The second kappa shape index (κ2) is 7.36. The summed E-state index contributed by atoms with van der Waals surface area (Å²) in [5.74, 6) is 1.15. The molecular formula is C16H19ClN4OS. The van der Waals surface area contributed by atoms with Crippen molar-refractivity contribution in [1.82, 2.24) is 20.1 Å². The Morgan fingerprint density at radius 2 is 2.26 bits per heavy atom. The monoisotopic (exact) mass is 350 g/mol. The first-order valence-corrected chi connectivity index (χ1v) is 9.11. The molecule has 23 heavy (non-hydrogen) atoms. The standard InChI is InChI=1S/C16H19ClN4OS/c1-11-6-4-5-9-21(11)14(22)10-23-16-18-15(19-20-16)12-7-2-3-8-13(12)17/h2-3,7-8,11H,4-6,9-10H2,1H3,(H,18,19,20)/t11-/m1/s1. The molecule has 0 bridgehead atoms. The van der Waals surface area contributed by atoms with E-state index in [0.717, 1.165) is 24.9 Å². The summed E-state index contributed by atoms with van der Waals surface area (Å²) in [5.41, 5.74) is 0.810. The van der Waals surface area contributed by atoms with Crippen LogP contribution in [-0.2, 0) is 4.79 Å². The molecule has 1 amide bonds. The number of thioether (sulfide) groups is 1. The van der Waals surface area contributed by atoms with Crippen molar-refractivity contribution in [3.8, 4) is 11.4 Å². The summed E-state index contributed by atoms with van der Waals surface area (Å²) in [6.07, 6.45) is 3.39. The molecule has 1 aliphatic rings. The van der Waals surface area contributed by atoms with Gasteiger partial charge < -0.3 is 4.90 Å². The maximum Gasteiger partial charge on any atom is 0.233 e. The number of likely N-dealkylation sites (tertiary alicyclic amines) is 1. The number of amides is 1. The van der Waals surface area contributed by atoms with Crippen LogP contribution in [0.25, 0.3) is 11.4 Å². The highest BCUT2D eigenvalue weighted by atomic mass is 35.5. The van der Waals surface area contributed by atoms with Gasteiger partial charge in [-0.05, 0) is 38.3 Å². The van der Waals surface area contributed by atoms with Crippen molar-refractivity contribution in [3.63, 3.8) is 0 Å². The zero-order chi connectivity index (χ0) is 16.2. The molecule has 7 heteroatoms. The van der Waals surface area contributed by atoms with Crippen LogP contribution in [0.15, 0.2) is 29.4 Å². The third kappa shape index (κ3) is 3.87. The van der Waals surface area contributed by atoms with Crippen LogP contribution in [-0.4, -0.2) is 44.3 Å². The second-order valence-electron chi connectivity index (χ2n) is 5.67. The minimum absolute atomic E-state index is 0.159. The molecule has 2 aromatic rings. The number of H-pyrrole nitrogens is 1. The summed E-state index contributed by atoms with van der Waals surface area (Å²) in [4.78, 5) is 18.7. The number of nitrogens with zero attached hydrogens (tertiary/aromatic N) is 3. The van der Waals surface area contributed by atoms with Gasteiger partial charge in [0.1, 0.15) is 0 Å². The Labute approximate surface area is 144 Å². The third-order valence-electron chi connectivity index (χ3n) is 4.04. The van der Waals surface area contributed by atoms with Gasteiger partial charge in [0, 0.05) is 18.2 Å². The van der Waals surface area contributed by atoms with Crippen LogP contribution >= 0.6 is 23.4 Å². The normalized spacial score (nSPS) is 18.2. The van der Waals surface area contributed by atoms with Gasteiger partial charge in [0.2, 0.25) is 11.1 Å². The van der Waals surface area contributed by atoms with Crippen LogP contribution in [0, 0.1) is 0 Å². The Hall–Kier alpha value is -1.53. The first-order valence-electron chi connectivity index (χ1n) is 7.74. The number of benzene rings is 1. The van der Waals surface area contributed by atoms with Crippen molar-refractivity contribution in [2.45, 2.75) is 37.4 Å². The van der Waals surface area contributed by atoms with E-state index < -0.39 is 0 Å². The fourth-order valence-corrected chi connectivity index (χ4v) is 3.67. The van der Waals surface area contributed by atoms with Crippen molar-refractivity contribution in [1.29, 1.82) is 0 Å². The van der Waals surface area contributed by atoms with Gasteiger partial charge >= 0.3 is 0 Å². The Bertz CT molecular complexity index is 690. The maximum atomic E-state index is 12.3. The van der Waals surface area contributed by atoms with E-state index in [1.54, 1.807) is 0 Å². The molecule has 1 fully saturated rings. The molecule has 1 aromatic carbocycles. The highest BCUT2D eigenvalue weighted by molar-refractivity contribution is 7.99. The average Bonchev–Trinajstić information content (AvgIpc) is 3.02. The summed E-state index contributed by atoms with van der Waals surface area (Å²) in [7, 11) is 0. The molecule has 122 valence electrons. The molecule has 1 atom stereocenters. The van der Waals surface area contributed by atoms with Crippen molar-refractivity contribution in [2.75, 3.05) is 12.3 Å². The summed E-state index contributed by atoms with van der Waals surface area (Å²) in [5, 5.41) is 8.24. The highest BCUT2D eigenvalue weighted by Gasteiger charge is 2.23. The van der Waals surface area contributed by atoms with Crippen LogP contribution in [0.1, 0.15) is 26.2 Å². The fourth-order valence-electron chi connectivity index (χ4n) is 2.76. The van der Waals surface area contributed by atoms with Crippen molar-refractivity contribution in [3.05, 3.63) is 29.3 Å². The summed E-state index contributed by atoms with van der Waals surface area (Å²) >= 11 is 7.52. The molecule has 5 nitrogen and oxygen atoms in total. The first-order chi connectivity index (χ1) is 11.1. The van der Waals surface area contributed by atoms with Crippen LogP contribution < -0.4 is 0 Å². The van der Waals surface area contributed by atoms with Gasteiger partial charge in [-0.1, -0.05) is 35.5 Å². The lowest BCUT2D eigenvalue weighted by molar-refractivity contribution is -0.131. The summed E-state index contributed by atoms with van der Waals surface area (Å²) < 4.78 is 0. The first kappa shape index (κ1) is 16.3. The van der Waals surface area contributed by atoms with Gasteiger partial charge in [0.15, 0.2) is 5.82 Å². The predicted octanol–water partition coefficient (Wildman–Crippen LogP) is 3.62. The van der Waals surface area contributed by atoms with E-state index in [0.29, 0.717) is 27.8 Å². The average molecular weight is 351 g/mol. The van der Waals surface area contributed by atoms with E-state index in [4.69, 9.17) is 11.6 Å². The van der Waals surface area contributed by atoms with Crippen molar-refractivity contribution < 1.29 is 4.79 Å². The molecule has 0 radical (unpaired) electrons. The topological polar surface area (TPSA) is 61.9 Å². The Kier molecular flexibility index (Phi) is 5.23. The van der Waals surface area contributed by atoms with Gasteiger partial charge in [-0.2, -0.15) is 0 Å². The minimum Gasteiger partial charge on any atom is -0.339 e. The zero-order valence-electron chi connectivity index (χ0n) is 13.0. The second-order valence-corrected chi connectivity index (χ2v) is 7.02. The third-order valence-corrected chi connectivity index (χ3v) is 5.20. The van der Waals surface area contributed by atoms with Gasteiger partial charge in [-0.25, -0.2) is 4.98 Å². The Morgan fingerprint density at radius 3 is 3.04 bits per heavy atom. The molecule has 0 aliphatic carbocycles. The maximum absolute atomic E-state index is 12.3. The molecular weight excluding hydrogens is 332 g/mol. The molecule has 1 aromatic heterocycles. The van der Waals surface area contributed by atoms with E-state index in [-0.39, 0.29) is 5.91 Å². The summed E-state index contributed by atoms with van der Waals surface area (Å²) in [6.45, 7) is 2.98. The minimum atomic E-state index is 0.159. The number of halogens is 1. The van der Waals surface area contributed by atoms with Gasteiger partial charge in [0.25, 0.3) is 0 Å².